The number of carbonyl (C=O) groups excluding carboxylic acids is 1. The van der Waals surface area contributed by atoms with Gasteiger partial charge in [0.2, 0.25) is 0 Å². The summed E-state index contributed by atoms with van der Waals surface area (Å²) in [6.45, 7) is 5.99. The molecule has 0 fully saturated rings. The van der Waals surface area contributed by atoms with Crippen LogP contribution in [-0.2, 0) is 4.79 Å². The Morgan fingerprint density at radius 2 is 1.92 bits per heavy atom. The summed E-state index contributed by atoms with van der Waals surface area (Å²) in [4.78, 5) is 11.3. The first-order chi connectivity index (χ1) is 6.07. The highest BCUT2D eigenvalue weighted by Gasteiger charge is 2.13. The molecule has 1 N–H and O–H groups in total. The third-order valence-electron chi connectivity index (χ3n) is 2.27. The molecule has 0 unspecified atom stereocenters. The highest BCUT2D eigenvalue weighted by molar-refractivity contribution is 5.78. The highest BCUT2D eigenvalue weighted by Crippen LogP contribution is 2.09. The molecule has 0 saturated heterocycles. The van der Waals surface area contributed by atoms with Crippen LogP contribution in [0.25, 0.3) is 0 Å². The van der Waals surface area contributed by atoms with Crippen LogP contribution in [0.5, 0.6) is 0 Å². The van der Waals surface area contributed by atoms with Gasteiger partial charge in [-0.15, -0.1) is 0 Å². The first kappa shape index (κ1) is 12.6. The molecule has 0 aromatic heterocycles. The Balaban J connectivity index is 3.50. The zero-order valence-corrected chi connectivity index (χ0v) is 9.05. The molecule has 2 heteroatoms. The molecule has 0 saturated carbocycles. The van der Waals surface area contributed by atoms with E-state index in [0.717, 1.165) is 19.3 Å². The fourth-order valence-electron chi connectivity index (χ4n) is 1.14. The van der Waals surface area contributed by atoms with E-state index >= 15 is 0 Å². The molecule has 0 aliphatic rings. The van der Waals surface area contributed by atoms with E-state index in [4.69, 9.17) is 0 Å². The van der Waals surface area contributed by atoms with Gasteiger partial charge in [0, 0.05) is 12.8 Å². The second-order valence-electron chi connectivity index (χ2n) is 4.01. The fraction of sp³-hybridized carbons (Fsp3) is 0.909. The summed E-state index contributed by atoms with van der Waals surface area (Å²) in [5.74, 6) is 0.393. The van der Waals surface area contributed by atoms with Gasteiger partial charge in [-0.2, -0.15) is 0 Å². The second kappa shape index (κ2) is 7.07. The Bertz CT molecular complexity index is 141. The normalized spacial score (nSPS) is 13.3. The Morgan fingerprint density at radius 1 is 1.31 bits per heavy atom. The Hall–Kier alpha value is -0.370. The van der Waals surface area contributed by atoms with Crippen molar-refractivity contribution in [1.29, 1.82) is 0 Å². The Morgan fingerprint density at radius 3 is 2.38 bits per heavy atom. The van der Waals surface area contributed by atoms with Crippen molar-refractivity contribution < 1.29 is 9.90 Å². The number of unbranched alkanes of at least 4 members (excludes halogenated alkanes) is 2. The number of aliphatic hydroxyl groups excluding tert-OH is 1. The van der Waals surface area contributed by atoms with Crippen LogP contribution < -0.4 is 0 Å². The number of ketones is 1. The van der Waals surface area contributed by atoms with Crippen LogP contribution in [0.4, 0.5) is 0 Å². The van der Waals surface area contributed by atoms with Gasteiger partial charge in [-0.05, 0) is 12.3 Å². The maximum absolute atomic E-state index is 11.3. The van der Waals surface area contributed by atoms with E-state index < -0.39 is 6.10 Å². The molecule has 78 valence electrons. The van der Waals surface area contributed by atoms with E-state index in [1.165, 1.54) is 0 Å². The number of hydrogen-bond donors (Lipinski definition) is 1. The molecule has 0 aliphatic carbocycles. The smallest absolute Gasteiger partial charge is 0.135 e. The maximum Gasteiger partial charge on any atom is 0.135 e. The molecule has 0 heterocycles. The topological polar surface area (TPSA) is 37.3 Å². The standard InChI is InChI=1S/C11H22O2/c1-4-5-6-7-10(12)8-11(13)9(2)3/h9,11,13H,4-8H2,1-3H3/t11-/m0/s1. The summed E-state index contributed by atoms with van der Waals surface area (Å²) < 4.78 is 0. The van der Waals surface area contributed by atoms with Crippen molar-refractivity contribution in [3.63, 3.8) is 0 Å². The van der Waals surface area contributed by atoms with Crippen molar-refractivity contribution in [2.24, 2.45) is 5.92 Å². The molecule has 0 radical (unpaired) electrons. The van der Waals surface area contributed by atoms with Gasteiger partial charge < -0.3 is 5.11 Å². The molecular weight excluding hydrogens is 164 g/mol. The van der Waals surface area contributed by atoms with Gasteiger partial charge in [-0.3, -0.25) is 4.79 Å². The van der Waals surface area contributed by atoms with E-state index in [2.05, 4.69) is 6.92 Å². The summed E-state index contributed by atoms with van der Waals surface area (Å²) in [6, 6.07) is 0. The first-order valence-electron chi connectivity index (χ1n) is 5.27. The van der Waals surface area contributed by atoms with E-state index in [0.29, 0.717) is 12.8 Å². The Kier molecular flexibility index (Phi) is 6.87. The highest BCUT2D eigenvalue weighted by atomic mass is 16.3. The maximum atomic E-state index is 11.3. The summed E-state index contributed by atoms with van der Waals surface area (Å²) >= 11 is 0. The minimum absolute atomic E-state index is 0.190. The zero-order valence-electron chi connectivity index (χ0n) is 9.05. The molecule has 0 spiro atoms. The summed E-state index contributed by atoms with van der Waals surface area (Å²) in [5.41, 5.74) is 0. The number of aliphatic hydroxyl groups is 1. The van der Waals surface area contributed by atoms with Crippen LogP contribution in [-0.4, -0.2) is 17.0 Å². The summed E-state index contributed by atoms with van der Waals surface area (Å²) in [6.07, 6.45) is 3.75. The molecule has 0 bridgehead atoms. The van der Waals surface area contributed by atoms with Crippen molar-refractivity contribution >= 4 is 5.78 Å². The summed E-state index contributed by atoms with van der Waals surface area (Å²) in [5, 5.41) is 9.43. The average molecular weight is 186 g/mol. The predicted molar refractivity (Wildman–Crippen MR) is 54.6 cm³/mol. The van der Waals surface area contributed by atoms with Crippen LogP contribution in [0.2, 0.25) is 0 Å². The lowest BCUT2D eigenvalue weighted by Crippen LogP contribution is -2.19. The molecule has 13 heavy (non-hydrogen) atoms. The van der Waals surface area contributed by atoms with Gasteiger partial charge in [0.15, 0.2) is 0 Å². The van der Waals surface area contributed by atoms with Crippen LogP contribution >= 0.6 is 0 Å². The quantitative estimate of drug-likeness (QED) is 0.620. The van der Waals surface area contributed by atoms with Crippen molar-refractivity contribution in [2.45, 2.75) is 59.0 Å². The molecule has 1 atom stereocenters. The van der Waals surface area contributed by atoms with E-state index in [-0.39, 0.29) is 11.7 Å². The van der Waals surface area contributed by atoms with Gasteiger partial charge in [0.1, 0.15) is 5.78 Å². The van der Waals surface area contributed by atoms with E-state index in [9.17, 15) is 9.90 Å². The minimum atomic E-state index is -0.450. The first-order valence-corrected chi connectivity index (χ1v) is 5.27. The fourth-order valence-corrected chi connectivity index (χ4v) is 1.14. The van der Waals surface area contributed by atoms with Crippen molar-refractivity contribution in [3.05, 3.63) is 0 Å². The van der Waals surface area contributed by atoms with Crippen LogP contribution in [0, 0.1) is 5.92 Å². The van der Waals surface area contributed by atoms with Crippen LogP contribution in [0.15, 0.2) is 0 Å². The van der Waals surface area contributed by atoms with Gasteiger partial charge in [0.05, 0.1) is 6.10 Å². The SMILES string of the molecule is CCCCCC(=O)C[C@H](O)C(C)C. The monoisotopic (exact) mass is 186 g/mol. The molecular formula is C11H22O2. The van der Waals surface area contributed by atoms with E-state index in [1.807, 2.05) is 13.8 Å². The predicted octanol–water partition coefficient (Wildman–Crippen LogP) is 2.54. The largest absolute Gasteiger partial charge is 0.392 e. The van der Waals surface area contributed by atoms with Gasteiger partial charge in [0.25, 0.3) is 0 Å². The zero-order chi connectivity index (χ0) is 10.3. The summed E-state index contributed by atoms with van der Waals surface area (Å²) in [7, 11) is 0. The number of carbonyl (C=O) groups is 1. The Labute approximate surface area is 81.3 Å². The van der Waals surface area contributed by atoms with Crippen LogP contribution in [0.3, 0.4) is 0 Å². The van der Waals surface area contributed by atoms with Crippen LogP contribution in [0.1, 0.15) is 52.9 Å². The average Bonchev–Trinajstić information content (AvgIpc) is 2.04. The number of Topliss-reactive ketones (excluding diaryl/α,β-unsaturated/α-hetero) is 1. The minimum Gasteiger partial charge on any atom is -0.392 e. The third-order valence-corrected chi connectivity index (χ3v) is 2.27. The molecule has 0 amide bonds. The lowest BCUT2D eigenvalue weighted by atomic mass is 9.99. The lowest BCUT2D eigenvalue weighted by molar-refractivity contribution is -0.121. The second-order valence-corrected chi connectivity index (χ2v) is 4.01. The number of rotatable bonds is 7. The molecule has 0 aromatic rings. The molecule has 0 aromatic carbocycles. The van der Waals surface area contributed by atoms with Crippen molar-refractivity contribution in [3.8, 4) is 0 Å². The van der Waals surface area contributed by atoms with Gasteiger partial charge >= 0.3 is 0 Å². The van der Waals surface area contributed by atoms with Gasteiger partial charge in [-0.25, -0.2) is 0 Å². The molecule has 2 nitrogen and oxygen atoms in total. The third kappa shape index (κ3) is 6.76. The molecule has 0 rings (SSSR count). The van der Waals surface area contributed by atoms with Gasteiger partial charge in [-0.1, -0.05) is 33.6 Å². The van der Waals surface area contributed by atoms with E-state index in [1.54, 1.807) is 0 Å². The lowest BCUT2D eigenvalue weighted by Gasteiger charge is -2.12. The van der Waals surface area contributed by atoms with Crippen molar-refractivity contribution in [1.82, 2.24) is 0 Å². The number of hydrogen-bond acceptors (Lipinski definition) is 2. The van der Waals surface area contributed by atoms with Crippen molar-refractivity contribution in [2.75, 3.05) is 0 Å². The molecule has 0 aliphatic heterocycles.